The topological polar surface area (TPSA) is 83.5 Å². The van der Waals surface area contributed by atoms with Gasteiger partial charge in [0.25, 0.3) is 0 Å². The summed E-state index contributed by atoms with van der Waals surface area (Å²) in [6, 6.07) is 5.21. The molecule has 5 nitrogen and oxygen atoms in total. The van der Waals surface area contributed by atoms with Gasteiger partial charge in [-0.05, 0) is 31.0 Å². The highest BCUT2D eigenvalue weighted by Crippen LogP contribution is 2.11. The second-order valence-corrected chi connectivity index (χ2v) is 5.39. The normalized spacial score (nSPS) is 13.3. The van der Waals surface area contributed by atoms with E-state index in [4.69, 9.17) is 5.11 Å². The van der Waals surface area contributed by atoms with Crippen LogP contribution >= 0.6 is 0 Å². The van der Waals surface area contributed by atoms with Crippen molar-refractivity contribution < 1.29 is 18.3 Å². The van der Waals surface area contributed by atoms with Gasteiger partial charge in [-0.1, -0.05) is 19.1 Å². The molecule has 0 amide bonds. The maximum Gasteiger partial charge on any atom is 0.321 e. The second-order valence-electron chi connectivity index (χ2n) is 3.68. The number of aliphatic carboxylic acids is 1. The summed E-state index contributed by atoms with van der Waals surface area (Å²) in [5.41, 5.74) is 1.02. The van der Waals surface area contributed by atoms with E-state index in [1.165, 1.54) is 19.1 Å². The largest absolute Gasteiger partial charge is 0.480 e. The molecule has 0 aliphatic rings. The lowest BCUT2D eigenvalue weighted by atomic mass is 10.2. The van der Waals surface area contributed by atoms with Crippen LogP contribution in [-0.4, -0.2) is 25.5 Å². The third-order valence-electron chi connectivity index (χ3n) is 2.34. The summed E-state index contributed by atoms with van der Waals surface area (Å²) < 4.78 is 25.6. The van der Waals surface area contributed by atoms with Gasteiger partial charge < -0.3 is 5.11 Å². The molecule has 6 heteroatoms. The van der Waals surface area contributed by atoms with E-state index in [0.717, 1.165) is 12.0 Å². The fourth-order valence-corrected chi connectivity index (χ4v) is 2.45. The third-order valence-corrected chi connectivity index (χ3v) is 3.90. The highest BCUT2D eigenvalue weighted by atomic mass is 32.2. The zero-order chi connectivity index (χ0) is 13.1. The number of nitrogens with one attached hydrogen (secondary N) is 1. The van der Waals surface area contributed by atoms with Crippen LogP contribution in [0, 0.1) is 0 Å². The summed E-state index contributed by atoms with van der Waals surface area (Å²) in [4.78, 5) is 10.7. The number of carboxylic acid groups (broad SMARTS) is 1. The summed E-state index contributed by atoms with van der Waals surface area (Å²) in [7, 11) is -3.76. The molecule has 0 aliphatic heterocycles. The number of carboxylic acids is 1. The van der Waals surface area contributed by atoms with Crippen LogP contribution in [0.25, 0.3) is 0 Å². The lowest BCUT2D eigenvalue weighted by Crippen LogP contribution is -2.38. The van der Waals surface area contributed by atoms with Crippen molar-refractivity contribution in [2.45, 2.75) is 31.2 Å². The average molecular weight is 257 g/mol. The predicted octanol–water partition coefficient (Wildman–Crippen LogP) is 1.00. The Morgan fingerprint density at radius 1 is 1.35 bits per heavy atom. The van der Waals surface area contributed by atoms with E-state index in [0.29, 0.717) is 0 Å². The van der Waals surface area contributed by atoms with E-state index < -0.39 is 22.0 Å². The van der Waals surface area contributed by atoms with Gasteiger partial charge in [-0.25, -0.2) is 8.42 Å². The fourth-order valence-electron chi connectivity index (χ4n) is 1.26. The van der Waals surface area contributed by atoms with Crippen LogP contribution in [0.2, 0.25) is 0 Å². The Labute approximate surface area is 101 Å². The summed E-state index contributed by atoms with van der Waals surface area (Å²) in [6.07, 6.45) is 0.819. The molecular weight excluding hydrogens is 242 g/mol. The number of carbonyl (C=O) groups is 1. The second kappa shape index (κ2) is 5.29. The molecule has 0 fully saturated rings. The molecule has 1 atom stereocenters. The predicted molar refractivity (Wildman–Crippen MR) is 63.2 cm³/mol. The maximum absolute atomic E-state index is 11.8. The van der Waals surface area contributed by atoms with Gasteiger partial charge in [-0.3, -0.25) is 4.79 Å². The van der Waals surface area contributed by atoms with Crippen molar-refractivity contribution in [3.8, 4) is 0 Å². The first kappa shape index (κ1) is 13.7. The smallest absolute Gasteiger partial charge is 0.321 e. The minimum Gasteiger partial charge on any atom is -0.480 e. The Kier molecular flexibility index (Phi) is 4.25. The molecule has 0 saturated carbocycles. The summed E-state index contributed by atoms with van der Waals surface area (Å²) in [5.74, 6) is -1.21. The minimum atomic E-state index is -3.76. The molecule has 0 saturated heterocycles. The van der Waals surface area contributed by atoms with Crippen molar-refractivity contribution in [3.05, 3.63) is 29.8 Å². The van der Waals surface area contributed by atoms with Crippen LogP contribution in [0.4, 0.5) is 0 Å². The average Bonchev–Trinajstić information content (AvgIpc) is 2.28. The van der Waals surface area contributed by atoms with Gasteiger partial charge >= 0.3 is 5.97 Å². The number of sulfonamides is 1. The van der Waals surface area contributed by atoms with E-state index in [1.807, 2.05) is 6.92 Å². The fraction of sp³-hybridized carbons (Fsp3) is 0.364. The molecule has 0 radical (unpaired) electrons. The molecule has 0 unspecified atom stereocenters. The minimum absolute atomic E-state index is 0.0720. The van der Waals surface area contributed by atoms with Crippen molar-refractivity contribution >= 4 is 16.0 Å². The molecule has 0 aliphatic carbocycles. The Balaban J connectivity index is 2.93. The monoisotopic (exact) mass is 257 g/mol. The van der Waals surface area contributed by atoms with E-state index >= 15 is 0 Å². The molecule has 0 spiro atoms. The van der Waals surface area contributed by atoms with Crippen molar-refractivity contribution in [2.24, 2.45) is 0 Å². The highest BCUT2D eigenvalue weighted by molar-refractivity contribution is 7.89. The van der Waals surface area contributed by atoms with Crippen LogP contribution in [0.1, 0.15) is 19.4 Å². The molecule has 17 heavy (non-hydrogen) atoms. The lowest BCUT2D eigenvalue weighted by molar-refractivity contribution is -0.138. The number of benzene rings is 1. The molecule has 0 bridgehead atoms. The van der Waals surface area contributed by atoms with Gasteiger partial charge in [0.15, 0.2) is 0 Å². The number of hydrogen-bond acceptors (Lipinski definition) is 3. The van der Waals surface area contributed by atoms with Crippen LogP contribution in [0.3, 0.4) is 0 Å². The Morgan fingerprint density at radius 2 is 1.88 bits per heavy atom. The van der Waals surface area contributed by atoms with E-state index in [2.05, 4.69) is 4.72 Å². The SMILES string of the molecule is CCc1ccc(S(=O)(=O)N[C@@H](C)C(=O)O)cc1. The quantitative estimate of drug-likeness (QED) is 0.824. The van der Waals surface area contributed by atoms with E-state index in [1.54, 1.807) is 12.1 Å². The maximum atomic E-state index is 11.8. The van der Waals surface area contributed by atoms with Crippen molar-refractivity contribution in [3.63, 3.8) is 0 Å². The van der Waals surface area contributed by atoms with Crippen LogP contribution < -0.4 is 4.72 Å². The standard InChI is InChI=1S/C11H15NO4S/c1-3-9-4-6-10(7-5-9)17(15,16)12-8(2)11(13)14/h4-8,12H,3H2,1-2H3,(H,13,14)/t8-/m0/s1. The van der Waals surface area contributed by atoms with Crippen molar-refractivity contribution in [1.29, 1.82) is 0 Å². The first-order valence-electron chi connectivity index (χ1n) is 5.21. The molecule has 1 aromatic rings. The van der Waals surface area contributed by atoms with Crippen LogP contribution in [0.5, 0.6) is 0 Å². The zero-order valence-corrected chi connectivity index (χ0v) is 10.5. The van der Waals surface area contributed by atoms with E-state index in [9.17, 15) is 13.2 Å². The van der Waals surface area contributed by atoms with E-state index in [-0.39, 0.29) is 4.90 Å². The molecule has 1 rings (SSSR count). The molecule has 0 heterocycles. The molecular formula is C11H15NO4S. The Hall–Kier alpha value is -1.40. The molecule has 1 aromatic carbocycles. The number of aryl methyl sites for hydroxylation is 1. The summed E-state index contributed by atoms with van der Waals surface area (Å²) in [6.45, 7) is 3.24. The van der Waals surface area contributed by atoms with Gasteiger partial charge in [-0.2, -0.15) is 4.72 Å². The Morgan fingerprint density at radius 3 is 2.29 bits per heavy atom. The van der Waals surface area contributed by atoms with Gasteiger partial charge in [0.1, 0.15) is 6.04 Å². The first-order valence-corrected chi connectivity index (χ1v) is 6.69. The number of rotatable bonds is 5. The van der Waals surface area contributed by atoms with Crippen LogP contribution in [0.15, 0.2) is 29.2 Å². The summed E-state index contributed by atoms with van der Waals surface area (Å²) >= 11 is 0. The van der Waals surface area contributed by atoms with Gasteiger partial charge in [0, 0.05) is 0 Å². The van der Waals surface area contributed by atoms with Gasteiger partial charge in [-0.15, -0.1) is 0 Å². The zero-order valence-electron chi connectivity index (χ0n) is 9.67. The lowest BCUT2D eigenvalue weighted by Gasteiger charge is -2.10. The molecule has 2 N–H and O–H groups in total. The molecule has 94 valence electrons. The van der Waals surface area contributed by atoms with Gasteiger partial charge in [0.05, 0.1) is 4.90 Å². The first-order chi connectivity index (χ1) is 7.86. The molecule has 0 aromatic heterocycles. The van der Waals surface area contributed by atoms with Crippen molar-refractivity contribution in [1.82, 2.24) is 4.72 Å². The third kappa shape index (κ3) is 3.54. The highest BCUT2D eigenvalue weighted by Gasteiger charge is 2.21. The van der Waals surface area contributed by atoms with Crippen LogP contribution in [-0.2, 0) is 21.2 Å². The van der Waals surface area contributed by atoms with Gasteiger partial charge in [0.2, 0.25) is 10.0 Å². The number of hydrogen-bond donors (Lipinski definition) is 2. The Bertz CT molecular complexity index is 493. The summed E-state index contributed by atoms with van der Waals surface area (Å²) in [5, 5.41) is 8.65. The van der Waals surface area contributed by atoms with Crippen molar-refractivity contribution in [2.75, 3.05) is 0 Å².